The first-order valence-electron chi connectivity index (χ1n) is 5.25. The minimum atomic E-state index is -3.62. The monoisotopic (exact) mass is 284 g/mol. The first-order valence-corrected chi connectivity index (χ1v) is 10.3. The summed E-state index contributed by atoms with van der Waals surface area (Å²) in [6, 6.07) is 0. The summed E-state index contributed by atoms with van der Waals surface area (Å²) in [5, 5.41) is 0. The van der Waals surface area contributed by atoms with Crippen LogP contribution in [0.25, 0.3) is 0 Å². The maximum atomic E-state index is 12.1. The Hall–Kier alpha value is -0.203. The number of carbonyl (C=O) groups excluding carboxylic acids is 1. The van der Waals surface area contributed by atoms with Crippen LogP contribution in [-0.4, -0.2) is 41.0 Å². The van der Waals surface area contributed by atoms with Crippen molar-refractivity contribution in [2.75, 3.05) is 20.8 Å². The number of hydrogen-bond acceptors (Lipinski definition) is 6. The van der Waals surface area contributed by atoms with Gasteiger partial charge in [0.25, 0.3) is 5.85 Å². The molecule has 17 heavy (non-hydrogen) atoms. The molecule has 0 rings (SSSR count). The van der Waals surface area contributed by atoms with Crippen molar-refractivity contribution < 1.29 is 27.6 Å². The summed E-state index contributed by atoms with van der Waals surface area (Å²) in [6.45, 7) is 7.43. The van der Waals surface area contributed by atoms with Crippen LogP contribution < -0.4 is 0 Å². The van der Waals surface area contributed by atoms with Gasteiger partial charge in [0.05, 0.1) is 0 Å². The molecule has 8 heteroatoms. The molecule has 0 aliphatic carbocycles. The highest BCUT2D eigenvalue weighted by atomic mass is 31.2. The molecule has 0 amide bonds. The van der Waals surface area contributed by atoms with Crippen LogP contribution in [-0.2, 0) is 27.6 Å². The molecule has 0 saturated carbocycles. The maximum Gasteiger partial charge on any atom is 0.370 e. The van der Waals surface area contributed by atoms with E-state index in [4.69, 9.17) is 18.2 Å². The average Bonchev–Trinajstić information content (AvgIpc) is 2.22. The van der Waals surface area contributed by atoms with Gasteiger partial charge in [0.1, 0.15) is 0 Å². The summed E-state index contributed by atoms with van der Waals surface area (Å²) >= 11 is 0. The van der Waals surface area contributed by atoms with Crippen LogP contribution >= 0.6 is 7.60 Å². The Bertz CT molecular complexity index is 292. The minimum Gasteiger partial charge on any atom is -0.518 e. The molecule has 1 atom stereocenters. The second-order valence-electron chi connectivity index (χ2n) is 4.25. The SMILES string of the molecule is CCOC(C(=O)O[Si](C)(C)C)P(=O)(OC)OC. The Kier molecular flexibility index (Phi) is 6.58. The Morgan fingerprint density at radius 1 is 1.24 bits per heavy atom. The molecule has 0 spiro atoms. The van der Waals surface area contributed by atoms with Gasteiger partial charge in [-0.05, 0) is 26.6 Å². The lowest BCUT2D eigenvalue weighted by Gasteiger charge is -2.26. The molecule has 6 nitrogen and oxygen atoms in total. The summed E-state index contributed by atoms with van der Waals surface area (Å²) in [5.41, 5.74) is 0. The predicted molar refractivity (Wildman–Crippen MR) is 66.5 cm³/mol. The largest absolute Gasteiger partial charge is 0.518 e. The molecule has 0 saturated heterocycles. The van der Waals surface area contributed by atoms with E-state index in [0.29, 0.717) is 0 Å². The van der Waals surface area contributed by atoms with Crippen molar-refractivity contribution in [3.8, 4) is 0 Å². The van der Waals surface area contributed by atoms with Crippen LogP contribution in [0.5, 0.6) is 0 Å². The normalized spacial score (nSPS) is 14.5. The van der Waals surface area contributed by atoms with Gasteiger partial charge in [0.15, 0.2) is 0 Å². The predicted octanol–water partition coefficient (Wildman–Crippen LogP) is 2.21. The lowest BCUT2D eigenvalue weighted by molar-refractivity contribution is -0.143. The van der Waals surface area contributed by atoms with Crippen molar-refractivity contribution in [3.63, 3.8) is 0 Å². The van der Waals surface area contributed by atoms with E-state index in [0.717, 1.165) is 0 Å². The first-order chi connectivity index (χ1) is 7.70. The highest BCUT2D eigenvalue weighted by molar-refractivity contribution is 7.55. The lowest BCUT2D eigenvalue weighted by atomic mass is 10.7. The van der Waals surface area contributed by atoms with Gasteiger partial charge in [-0.2, -0.15) is 0 Å². The molecular formula is C9H21O6PSi. The highest BCUT2D eigenvalue weighted by Gasteiger charge is 2.43. The van der Waals surface area contributed by atoms with E-state index in [1.165, 1.54) is 14.2 Å². The van der Waals surface area contributed by atoms with Crippen LogP contribution in [0.15, 0.2) is 0 Å². The second kappa shape index (κ2) is 6.66. The smallest absolute Gasteiger partial charge is 0.370 e. The van der Waals surface area contributed by atoms with Crippen LogP contribution in [0.2, 0.25) is 19.6 Å². The first kappa shape index (κ1) is 16.8. The molecule has 0 aromatic carbocycles. The van der Waals surface area contributed by atoms with Gasteiger partial charge in [-0.15, -0.1) is 0 Å². The Labute approximate surface area is 103 Å². The van der Waals surface area contributed by atoms with Gasteiger partial charge in [0.2, 0.25) is 8.32 Å². The maximum absolute atomic E-state index is 12.1. The van der Waals surface area contributed by atoms with E-state index >= 15 is 0 Å². The molecule has 0 aromatic rings. The molecule has 1 unspecified atom stereocenters. The van der Waals surface area contributed by atoms with Crippen LogP contribution in [0, 0.1) is 0 Å². The van der Waals surface area contributed by atoms with E-state index < -0.39 is 27.7 Å². The molecular weight excluding hydrogens is 263 g/mol. The van der Waals surface area contributed by atoms with Crippen LogP contribution in [0.1, 0.15) is 6.92 Å². The number of rotatable bonds is 7. The lowest BCUT2D eigenvalue weighted by Crippen LogP contribution is -2.37. The van der Waals surface area contributed by atoms with Crippen molar-refractivity contribution in [2.24, 2.45) is 0 Å². The van der Waals surface area contributed by atoms with Crippen molar-refractivity contribution >= 4 is 21.9 Å². The summed E-state index contributed by atoms with van der Waals surface area (Å²) in [6.07, 6.45) is 0. The molecule has 0 bridgehead atoms. The number of hydrogen-bond donors (Lipinski definition) is 0. The zero-order valence-electron chi connectivity index (χ0n) is 11.2. The van der Waals surface area contributed by atoms with Crippen LogP contribution in [0.3, 0.4) is 0 Å². The molecule has 0 N–H and O–H groups in total. The van der Waals surface area contributed by atoms with Gasteiger partial charge in [-0.3, -0.25) is 4.57 Å². The van der Waals surface area contributed by atoms with Crippen molar-refractivity contribution in [1.29, 1.82) is 0 Å². The third-order valence-corrected chi connectivity index (χ3v) is 4.49. The van der Waals surface area contributed by atoms with Gasteiger partial charge < -0.3 is 18.2 Å². The minimum absolute atomic E-state index is 0.210. The van der Waals surface area contributed by atoms with E-state index in [1.54, 1.807) is 6.92 Å². The number of ether oxygens (including phenoxy) is 1. The summed E-state index contributed by atoms with van der Waals surface area (Å²) in [7, 11) is -3.29. The van der Waals surface area contributed by atoms with Gasteiger partial charge in [-0.25, -0.2) is 4.79 Å². The van der Waals surface area contributed by atoms with E-state index in [-0.39, 0.29) is 6.61 Å². The van der Waals surface area contributed by atoms with E-state index in [9.17, 15) is 9.36 Å². The van der Waals surface area contributed by atoms with E-state index in [2.05, 4.69) is 0 Å². The third-order valence-electron chi connectivity index (χ3n) is 1.73. The van der Waals surface area contributed by atoms with Crippen molar-refractivity contribution in [3.05, 3.63) is 0 Å². The third kappa shape index (κ3) is 5.31. The summed E-state index contributed by atoms with van der Waals surface area (Å²) < 4.78 is 32.0. The Morgan fingerprint density at radius 2 is 1.71 bits per heavy atom. The van der Waals surface area contributed by atoms with Gasteiger partial charge >= 0.3 is 13.6 Å². The van der Waals surface area contributed by atoms with Crippen molar-refractivity contribution in [2.45, 2.75) is 32.4 Å². The molecule has 0 aliphatic rings. The number of carbonyl (C=O) groups is 1. The molecule has 0 aliphatic heterocycles. The summed E-state index contributed by atoms with van der Waals surface area (Å²) in [5.74, 6) is -2.02. The zero-order valence-corrected chi connectivity index (χ0v) is 13.1. The Morgan fingerprint density at radius 3 is 2.00 bits per heavy atom. The summed E-state index contributed by atoms with van der Waals surface area (Å²) in [4.78, 5) is 11.9. The fourth-order valence-corrected chi connectivity index (χ4v) is 3.05. The second-order valence-corrected chi connectivity index (χ2v) is 11.0. The molecule has 0 fully saturated rings. The molecule has 102 valence electrons. The zero-order chi connectivity index (χ0) is 13.7. The molecule has 0 heterocycles. The molecule has 0 radical (unpaired) electrons. The standard InChI is InChI=1S/C9H21O6PSi/c1-7-14-9(16(11,12-2)13-3)8(10)15-17(4,5)6/h9H,7H2,1-6H3. The van der Waals surface area contributed by atoms with Crippen molar-refractivity contribution in [1.82, 2.24) is 0 Å². The highest BCUT2D eigenvalue weighted by Crippen LogP contribution is 2.52. The van der Waals surface area contributed by atoms with Crippen LogP contribution in [0.4, 0.5) is 0 Å². The average molecular weight is 284 g/mol. The molecule has 0 aromatic heterocycles. The fraction of sp³-hybridized carbons (Fsp3) is 0.889. The topological polar surface area (TPSA) is 71.1 Å². The van der Waals surface area contributed by atoms with Gasteiger partial charge in [0, 0.05) is 20.8 Å². The fourth-order valence-electron chi connectivity index (χ4n) is 1.06. The van der Waals surface area contributed by atoms with Gasteiger partial charge in [-0.1, -0.05) is 0 Å². The quantitative estimate of drug-likeness (QED) is 0.527. The Balaban J connectivity index is 4.97. The van der Waals surface area contributed by atoms with E-state index in [1.807, 2.05) is 19.6 Å².